The molecular weight excluding hydrogens is 472 g/mol. The van der Waals surface area contributed by atoms with Crippen LogP contribution in [-0.4, -0.2) is 57.7 Å². The van der Waals surface area contributed by atoms with Crippen molar-refractivity contribution in [1.29, 1.82) is 0 Å². The lowest BCUT2D eigenvalue weighted by Gasteiger charge is -2.56. The molecule has 2 bridgehead atoms. The standard InChI is InChI=1S/C25H29F2N5O2S/c1-24-8-5-9-25(2,31-24)21(27)17(13-24)32(3)23-30-29-22(35-23)16-7-6-14(10-18(16)33)15-11-19(26)28-20(12-15)34-4/h6-7,10-12,17,21,31,33H,5,8-9,13H2,1-4H3/t17-,21-,24-,25+/m1/s1. The highest BCUT2D eigenvalue weighted by Crippen LogP contribution is 2.44. The molecule has 4 heterocycles. The highest BCUT2D eigenvalue weighted by molar-refractivity contribution is 7.18. The number of hydrogen-bond donors (Lipinski definition) is 2. The third kappa shape index (κ3) is 4.33. The molecule has 35 heavy (non-hydrogen) atoms. The van der Waals surface area contributed by atoms with Crippen LogP contribution in [0.25, 0.3) is 21.7 Å². The lowest BCUT2D eigenvalue weighted by atomic mass is 9.68. The van der Waals surface area contributed by atoms with E-state index >= 15 is 4.39 Å². The number of benzene rings is 1. The van der Waals surface area contributed by atoms with E-state index in [1.807, 2.05) is 18.9 Å². The van der Waals surface area contributed by atoms with Crippen LogP contribution in [0.1, 0.15) is 39.5 Å². The van der Waals surface area contributed by atoms with Crippen molar-refractivity contribution in [2.75, 3.05) is 19.1 Å². The Labute approximate surface area is 207 Å². The van der Waals surface area contributed by atoms with Gasteiger partial charge in [0.2, 0.25) is 17.0 Å². The van der Waals surface area contributed by atoms with Gasteiger partial charge in [0.15, 0.2) is 5.01 Å². The molecule has 7 nitrogen and oxygen atoms in total. The lowest BCUT2D eigenvalue weighted by molar-refractivity contribution is 0.00210. The van der Waals surface area contributed by atoms with Gasteiger partial charge in [-0.05, 0) is 62.8 Å². The van der Waals surface area contributed by atoms with E-state index in [-0.39, 0.29) is 23.2 Å². The third-order valence-electron chi connectivity index (χ3n) is 7.37. The molecular formula is C25H29F2N5O2S. The van der Waals surface area contributed by atoms with E-state index in [2.05, 4.69) is 27.4 Å². The Morgan fingerprint density at radius 1 is 1.17 bits per heavy atom. The van der Waals surface area contributed by atoms with Gasteiger partial charge in [-0.1, -0.05) is 17.4 Å². The molecule has 0 aliphatic carbocycles. The Kier molecular flexibility index (Phi) is 5.91. The number of nitrogens with one attached hydrogen (secondary N) is 1. The van der Waals surface area contributed by atoms with Crippen LogP contribution in [0.5, 0.6) is 11.6 Å². The van der Waals surface area contributed by atoms with Crippen LogP contribution in [0, 0.1) is 5.95 Å². The zero-order valence-corrected chi connectivity index (χ0v) is 21.0. The average Bonchev–Trinajstić information content (AvgIpc) is 3.30. The van der Waals surface area contributed by atoms with Gasteiger partial charge >= 0.3 is 0 Å². The van der Waals surface area contributed by atoms with Crippen molar-refractivity contribution in [2.24, 2.45) is 0 Å². The number of hydrogen-bond acceptors (Lipinski definition) is 8. The maximum Gasteiger partial charge on any atom is 0.216 e. The number of methoxy groups -OCH3 is 1. The number of pyridine rings is 1. The molecule has 5 rings (SSSR count). The summed E-state index contributed by atoms with van der Waals surface area (Å²) < 4.78 is 34.5. The molecule has 3 aromatic rings. The number of phenolic OH excluding ortho intramolecular Hbond substituents is 1. The summed E-state index contributed by atoms with van der Waals surface area (Å²) >= 11 is 1.31. The van der Waals surface area contributed by atoms with Crippen LogP contribution in [0.15, 0.2) is 30.3 Å². The fourth-order valence-electron chi connectivity index (χ4n) is 5.59. The van der Waals surface area contributed by atoms with Crippen LogP contribution in [0.2, 0.25) is 0 Å². The van der Waals surface area contributed by atoms with Crippen molar-refractivity contribution in [3.63, 3.8) is 0 Å². The van der Waals surface area contributed by atoms with Crippen molar-refractivity contribution in [1.82, 2.24) is 20.5 Å². The number of rotatable bonds is 5. The largest absolute Gasteiger partial charge is 0.507 e. The molecule has 186 valence electrons. The van der Waals surface area contributed by atoms with Crippen LogP contribution < -0.4 is 15.0 Å². The number of fused-ring (bicyclic) bond motifs is 2. The highest BCUT2D eigenvalue weighted by atomic mass is 32.1. The number of ether oxygens (including phenoxy) is 1. The van der Waals surface area contributed by atoms with Crippen molar-refractivity contribution in [2.45, 2.75) is 62.8 Å². The number of anilines is 1. The summed E-state index contributed by atoms with van der Waals surface area (Å²) in [7, 11) is 3.28. The number of piperidine rings is 2. The van der Waals surface area contributed by atoms with Crippen molar-refractivity contribution in [3.05, 3.63) is 36.3 Å². The maximum atomic E-state index is 15.7. The Hall–Kier alpha value is -2.85. The molecule has 2 fully saturated rings. The van der Waals surface area contributed by atoms with E-state index in [1.165, 1.54) is 24.5 Å². The molecule has 2 aromatic heterocycles. The van der Waals surface area contributed by atoms with E-state index in [9.17, 15) is 9.50 Å². The number of aromatic nitrogens is 3. The van der Waals surface area contributed by atoms with Crippen LogP contribution in [-0.2, 0) is 0 Å². The Bertz CT molecular complexity index is 1260. The van der Waals surface area contributed by atoms with E-state index in [4.69, 9.17) is 4.74 Å². The summed E-state index contributed by atoms with van der Waals surface area (Å²) in [6.07, 6.45) is 2.49. The third-order valence-corrected chi connectivity index (χ3v) is 8.42. The first-order valence-corrected chi connectivity index (χ1v) is 12.5. The van der Waals surface area contributed by atoms with Gasteiger partial charge < -0.3 is 20.1 Å². The van der Waals surface area contributed by atoms with E-state index in [0.717, 1.165) is 19.3 Å². The van der Waals surface area contributed by atoms with Crippen LogP contribution in [0.3, 0.4) is 0 Å². The van der Waals surface area contributed by atoms with Gasteiger partial charge in [0.05, 0.1) is 18.7 Å². The van der Waals surface area contributed by atoms with Gasteiger partial charge in [0.25, 0.3) is 0 Å². The number of nitrogens with zero attached hydrogens (tertiary/aromatic N) is 4. The number of phenols is 1. The van der Waals surface area contributed by atoms with Crippen molar-refractivity contribution < 1.29 is 18.6 Å². The second-order valence-electron chi connectivity index (χ2n) is 10.1. The summed E-state index contributed by atoms with van der Waals surface area (Å²) in [5, 5.41) is 24.0. The van der Waals surface area contributed by atoms with Gasteiger partial charge in [0.1, 0.15) is 11.9 Å². The molecule has 0 radical (unpaired) electrons. The summed E-state index contributed by atoms with van der Waals surface area (Å²) in [6.45, 7) is 4.15. The summed E-state index contributed by atoms with van der Waals surface area (Å²) in [5.41, 5.74) is 0.980. The predicted octanol–water partition coefficient (Wildman–Crippen LogP) is 4.96. The first-order valence-electron chi connectivity index (χ1n) is 11.7. The first kappa shape index (κ1) is 23.9. The first-order chi connectivity index (χ1) is 16.6. The normalized spacial score (nSPS) is 28.1. The predicted molar refractivity (Wildman–Crippen MR) is 132 cm³/mol. The second kappa shape index (κ2) is 8.67. The summed E-state index contributed by atoms with van der Waals surface area (Å²) in [6, 6.07) is 7.58. The number of alkyl halides is 1. The molecule has 10 heteroatoms. The molecule has 2 aliphatic rings. The van der Waals surface area contributed by atoms with Crippen LogP contribution >= 0.6 is 11.3 Å². The average molecular weight is 502 g/mol. The molecule has 2 saturated heterocycles. The molecule has 1 aromatic carbocycles. The molecule has 0 saturated carbocycles. The van der Waals surface area contributed by atoms with Gasteiger partial charge in [-0.2, -0.15) is 9.37 Å². The second-order valence-corrected chi connectivity index (χ2v) is 11.0. The lowest BCUT2D eigenvalue weighted by Crippen LogP contribution is -2.72. The Morgan fingerprint density at radius 3 is 2.71 bits per heavy atom. The number of halogens is 2. The van der Waals surface area contributed by atoms with Crippen LogP contribution in [0.4, 0.5) is 13.9 Å². The quantitative estimate of drug-likeness (QED) is 0.478. The fourth-order valence-corrected chi connectivity index (χ4v) is 6.49. The topological polar surface area (TPSA) is 83.4 Å². The molecule has 4 atom stereocenters. The van der Waals surface area contributed by atoms with Gasteiger partial charge in [-0.15, -0.1) is 10.2 Å². The summed E-state index contributed by atoms with van der Waals surface area (Å²) in [4.78, 5) is 5.55. The maximum absolute atomic E-state index is 15.7. The van der Waals surface area contributed by atoms with Gasteiger partial charge in [0, 0.05) is 30.3 Å². The molecule has 0 spiro atoms. The van der Waals surface area contributed by atoms with Crippen molar-refractivity contribution >= 4 is 16.5 Å². The minimum atomic E-state index is -1.04. The molecule has 0 amide bonds. The minimum absolute atomic E-state index is 0.0103. The van der Waals surface area contributed by atoms with Gasteiger partial charge in [-0.3, -0.25) is 0 Å². The fraction of sp³-hybridized carbons (Fsp3) is 0.480. The SMILES string of the molecule is COc1cc(-c2ccc(-c3nnc(N(C)[C@@H]4C[C@@]5(C)CCC[C@](C)(N5)[C@@H]4F)s3)c(O)c2)cc(F)n1. The molecule has 0 unspecified atom stereocenters. The van der Waals surface area contributed by atoms with E-state index < -0.39 is 17.7 Å². The Morgan fingerprint density at radius 2 is 1.97 bits per heavy atom. The highest BCUT2D eigenvalue weighted by Gasteiger charge is 2.54. The van der Waals surface area contributed by atoms with E-state index in [0.29, 0.717) is 33.3 Å². The van der Waals surface area contributed by atoms with Crippen molar-refractivity contribution in [3.8, 4) is 33.3 Å². The molecule has 2 aliphatic heterocycles. The smallest absolute Gasteiger partial charge is 0.216 e. The van der Waals surface area contributed by atoms with Gasteiger partial charge in [-0.25, -0.2) is 4.39 Å². The zero-order chi connectivity index (χ0) is 25.0. The number of aromatic hydroxyl groups is 1. The Balaban J connectivity index is 1.40. The minimum Gasteiger partial charge on any atom is -0.507 e. The zero-order valence-electron chi connectivity index (χ0n) is 20.2. The summed E-state index contributed by atoms with van der Waals surface area (Å²) in [5.74, 6) is -0.532. The van der Waals surface area contributed by atoms with E-state index in [1.54, 1.807) is 24.3 Å². The monoisotopic (exact) mass is 501 g/mol. The molecule has 2 N–H and O–H groups in total.